The molecule has 0 atom stereocenters. The van der Waals surface area contributed by atoms with Crippen LogP contribution in [0.5, 0.6) is 0 Å². The molecule has 1 aliphatic heterocycles. The summed E-state index contributed by atoms with van der Waals surface area (Å²) in [5.74, 6) is 0.0956. The van der Waals surface area contributed by atoms with Gasteiger partial charge in [-0.2, -0.15) is 0 Å². The van der Waals surface area contributed by atoms with Crippen LogP contribution in [0, 0.1) is 10.1 Å². The predicted molar refractivity (Wildman–Crippen MR) is 80.1 cm³/mol. The van der Waals surface area contributed by atoms with E-state index < -0.39 is 4.92 Å². The fourth-order valence-corrected chi connectivity index (χ4v) is 2.77. The number of piperidine rings is 1. The van der Waals surface area contributed by atoms with Crippen molar-refractivity contribution >= 4 is 11.6 Å². The summed E-state index contributed by atoms with van der Waals surface area (Å²) in [5.41, 5.74) is 0.870. The van der Waals surface area contributed by atoms with Crippen molar-refractivity contribution in [2.24, 2.45) is 0 Å². The third kappa shape index (κ3) is 4.01. The van der Waals surface area contributed by atoms with Gasteiger partial charge in [0.05, 0.1) is 11.3 Å². The molecule has 1 saturated heterocycles. The zero-order valence-electron chi connectivity index (χ0n) is 12.2. The third-order valence-corrected chi connectivity index (χ3v) is 3.91. The Kier molecular flexibility index (Phi) is 5.27. The zero-order chi connectivity index (χ0) is 15.2. The summed E-state index contributed by atoms with van der Waals surface area (Å²) < 4.78 is 0. The maximum absolute atomic E-state index is 12.4. The van der Waals surface area contributed by atoms with Gasteiger partial charge in [-0.3, -0.25) is 14.9 Å². The van der Waals surface area contributed by atoms with E-state index in [1.54, 1.807) is 12.1 Å². The van der Waals surface area contributed by atoms with Crippen LogP contribution in [-0.2, 0) is 11.2 Å². The standard InChI is InChI=1S/C15H21N3O3/c1-2-17(13-7-9-16-10-8-13)15(19)11-12-3-5-14(6-4-12)18(20)21/h3-6,13,16H,2,7-11H2,1H3. The molecule has 1 aromatic rings. The van der Waals surface area contributed by atoms with Crippen LogP contribution in [-0.4, -0.2) is 41.4 Å². The Balaban J connectivity index is 1.99. The average molecular weight is 291 g/mol. The first-order valence-electron chi connectivity index (χ1n) is 7.35. The average Bonchev–Trinajstić information content (AvgIpc) is 2.49. The number of likely N-dealkylation sites (N-methyl/N-ethyl adjacent to an activating group) is 1. The van der Waals surface area contributed by atoms with Crippen molar-refractivity contribution in [3.63, 3.8) is 0 Å². The number of rotatable bonds is 5. The Labute approximate surface area is 124 Å². The number of benzene rings is 1. The molecular formula is C15H21N3O3. The van der Waals surface area contributed by atoms with E-state index in [1.807, 2.05) is 11.8 Å². The molecule has 1 N–H and O–H groups in total. The zero-order valence-corrected chi connectivity index (χ0v) is 12.2. The largest absolute Gasteiger partial charge is 0.340 e. The molecule has 1 amide bonds. The van der Waals surface area contributed by atoms with E-state index in [4.69, 9.17) is 0 Å². The van der Waals surface area contributed by atoms with E-state index in [0.29, 0.717) is 19.0 Å². The summed E-state index contributed by atoms with van der Waals surface area (Å²) >= 11 is 0. The molecular weight excluding hydrogens is 270 g/mol. The summed E-state index contributed by atoms with van der Waals surface area (Å²) in [5, 5.41) is 13.9. The Bertz CT molecular complexity index is 495. The minimum Gasteiger partial charge on any atom is -0.340 e. The molecule has 2 rings (SSSR count). The molecule has 114 valence electrons. The normalized spacial score (nSPS) is 15.7. The summed E-state index contributed by atoms with van der Waals surface area (Å²) in [6, 6.07) is 6.52. The fraction of sp³-hybridized carbons (Fsp3) is 0.533. The van der Waals surface area contributed by atoms with Crippen LogP contribution < -0.4 is 5.32 Å². The molecule has 1 heterocycles. The van der Waals surface area contributed by atoms with Crippen molar-refractivity contribution in [1.82, 2.24) is 10.2 Å². The second-order valence-corrected chi connectivity index (χ2v) is 5.26. The molecule has 6 heteroatoms. The highest BCUT2D eigenvalue weighted by Gasteiger charge is 2.23. The molecule has 1 aromatic carbocycles. The smallest absolute Gasteiger partial charge is 0.269 e. The second-order valence-electron chi connectivity index (χ2n) is 5.26. The summed E-state index contributed by atoms with van der Waals surface area (Å²) in [6.45, 7) is 4.60. The second kappa shape index (κ2) is 7.17. The summed E-state index contributed by atoms with van der Waals surface area (Å²) in [4.78, 5) is 24.6. The van der Waals surface area contributed by atoms with Crippen molar-refractivity contribution in [3.05, 3.63) is 39.9 Å². The van der Waals surface area contributed by atoms with Crippen LogP contribution >= 0.6 is 0 Å². The number of carbonyl (C=O) groups is 1. The van der Waals surface area contributed by atoms with Gasteiger partial charge in [-0.25, -0.2) is 0 Å². The van der Waals surface area contributed by atoms with E-state index in [0.717, 1.165) is 31.5 Å². The van der Waals surface area contributed by atoms with E-state index in [1.165, 1.54) is 12.1 Å². The lowest BCUT2D eigenvalue weighted by Gasteiger charge is -2.34. The molecule has 0 bridgehead atoms. The van der Waals surface area contributed by atoms with Gasteiger partial charge in [0.1, 0.15) is 0 Å². The highest BCUT2D eigenvalue weighted by Crippen LogP contribution is 2.16. The van der Waals surface area contributed by atoms with Crippen molar-refractivity contribution in [3.8, 4) is 0 Å². The van der Waals surface area contributed by atoms with Crippen LogP contribution in [0.3, 0.4) is 0 Å². The van der Waals surface area contributed by atoms with Gasteiger partial charge >= 0.3 is 0 Å². The number of non-ortho nitro benzene ring substituents is 1. The Morgan fingerprint density at radius 3 is 2.48 bits per heavy atom. The number of nitrogens with zero attached hydrogens (tertiary/aromatic N) is 2. The third-order valence-electron chi connectivity index (χ3n) is 3.91. The predicted octanol–water partition coefficient (Wildman–Crippen LogP) is 1.74. The van der Waals surface area contributed by atoms with E-state index in [-0.39, 0.29) is 11.6 Å². The highest BCUT2D eigenvalue weighted by atomic mass is 16.6. The van der Waals surface area contributed by atoms with Gasteiger partial charge in [-0.15, -0.1) is 0 Å². The van der Waals surface area contributed by atoms with Crippen LogP contribution in [0.4, 0.5) is 5.69 Å². The first-order valence-corrected chi connectivity index (χ1v) is 7.35. The molecule has 0 radical (unpaired) electrons. The van der Waals surface area contributed by atoms with Gasteiger partial charge in [0, 0.05) is 24.7 Å². The van der Waals surface area contributed by atoms with Crippen LogP contribution in [0.25, 0.3) is 0 Å². The van der Waals surface area contributed by atoms with Crippen LogP contribution in [0.15, 0.2) is 24.3 Å². The molecule has 21 heavy (non-hydrogen) atoms. The maximum Gasteiger partial charge on any atom is 0.269 e. The minimum atomic E-state index is -0.432. The van der Waals surface area contributed by atoms with Crippen molar-refractivity contribution in [2.45, 2.75) is 32.2 Å². The molecule has 0 saturated carbocycles. The minimum absolute atomic E-state index is 0.0527. The monoisotopic (exact) mass is 291 g/mol. The maximum atomic E-state index is 12.4. The lowest BCUT2D eigenvalue weighted by Crippen LogP contribution is -2.46. The van der Waals surface area contributed by atoms with Gasteiger partial charge in [-0.1, -0.05) is 12.1 Å². The van der Waals surface area contributed by atoms with Crippen LogP contribution in [0.1, 0.15) is 25.3 Å². The number of nitro benzene ring substituents is 1. The van der Waals surface area contributed by atoms with E-state index in [2.05, 4.69) is 5.32 Å². The first kappa shape index (κ1) is 15.4. The lowest BCUT2D eigenvalue weighted by atomic mass is 10.0. The van der Waals surface area contributed by atoms with E-state index in [9.17, 15) is 14.9 Å². The number of hydrogen-bond acceptors (Lipinski definition) is 4. The number of amides is 1. The highest BCUT2D eigenvalue weighted by molar-refractivity contribution is 5.79. The fourth-order valence-electron chi connectivity index (χ4n) is 2.77. The van der Waals surface area contributed by atoms with E-state index >= 15 is 0 Å². The number of nitro groups is 1. The summed E-state index contributed by atoms with van der Waals surface area (Å²) in [6.07, 6.45) is 2.27. The quantitative estimate of drug-likeness (QED) is 0.662. The molecule has 0 aliphatic carbocycles. The van der Waals surface area contributed by atoms with Crippen LogP contribution in [0.2, 0.25) is 0 Å². The SMILES string of the molecule is CCN(C(=O)Cc1ccc([N+](=O)[O-])cc1)C1CCNCC1. The van der Waals surface area contributed by atoms with Crippen molar-refractivity contribution in [2.75, 3.05) is 19.6 Å². The molecule has 0 aromatic heterocycles. The molecule has 6 nitrogen and oxygen atoms in total. The number of carbonyl (C=O) groups excluding carboxylic acids is 1. The Morgan fingerprint density at radius 2 is 1.95 bits per heavy atom. The van der Waals surface area contributed by atoms with Crippen molar-refractivity contribution in [1.29, 1.82) is 0 Å². The number of hydrogen-bond donors (Lipinski definition) is 1. The number of nitrogens with one attached hydrogen (secondary N) is 1. The van der Waals surface area contributed by atoms with Gasteiger partial charge in [0.2, 0.25) is 5.91 Å². The van der Waals surface area contributed by atoms with Gasteiger partial charge in [0.15, 0.2) is 0 Å². The topological polar surface area (TPSA) is 75.5 Å². The molecule has 0 unspecified atom stereocenters. The Morgan fingerprint density at radius 1 is 1.33 bits per heavy atom. The van der Waals surface area contributed by atoms with Gasteiger partial charge in [0.25, 0.3) is 5.69 Å². The molecule has 1 aliphatic rings. The first-order chi connectivity index (χ1) is 10.1. The van der Waals surface area contributed by atoms with Gasteiger partial charge in [-0.05, 0) is 38.4 Å². The van der Waals surface area contributed by atoms with Gasteiger partial charge < -0.3 is 10.2 Å². The van der Waals surface area contributed by atoms with Crippen molar-refractivity contribution < 1.29 is 9.72 Å². The summed E-state index contributed by atoms with van der Waals surface area (Å²) in [7, 11) is 0. The lowest BCUT2D eigenvalue weighted by molar-refractivity contribution is -0.384. The molecule has 1 fully saturated rings. The molecule has 0 spiro atoms. The Hall–Kier alpha value is -1.95.